The van der Waals surface area contributed by atoms with Crippen LogP contribution >= 0.6 is 27.5 Å². The third-order valence-electron chi connectivity index (χ3n) is 3.49. The lowest BCUT2D eigenvalue weighted by Gasteiger charge is -2.10. The number of aromatic nitrogens is 2. The number of nitro groups is 1. The first-order valence-corrected chi connectivity index (χ1v) is 8.70. The number of hydrogen-bond acceptors (Lipinski definition) is 6. The van der Waals surface area contributed by atoms with Gasteiger partial charge in [-0.15, -0.1) is 0 Å². The minimum atomic E-state index is -0.509. The highest BCUT2D eigenvalue weighted by Crippen LogP contribution is 2.31. The van der Waals surface area contributed by atoms with E-state index < -0.39 is 4.92 Å². The molecule has 0 radical (unpaired) electrons. The van der Waals surface area contributed by atoms with E-state index in [0.29, 0.717) is 17.3 Å². The minimum absolute atomic E-state index is 0.117. The van der Waals surface area contributed by atoms with Gasteiger partial charge in [-0.2, -0.15) is 0 Å². The van der Waals surface area contributed by atoms with E-state index in [4.69, 9.17) is 11.6 Å². The van der Waals surface area contributed by atoms with Crippen LogP contribution in [0.15, 0.2) is 59.3 Å². The maximum absolute atomic E-state index is 11.6. The van der Waals surface area contributed by atoms with Gasteiger partial charge in [0, 0.05) is 21.7 Å². The molecule has 0 amide bonds. The van der Waals surface area contributed by atoms with Gasteiger partial charge < -0.3 is 10.6 Å². The van der Waals surface area contributed by atoms with Crippen molar-refractivity contribution in [1.29, 1.82) is 0 Å². The Bertz CT molecular complexity index is 919. The molecule has 0 fully saturated rings. The summed E-state index contributed by atoms with van der Waals surface area (Å²) in [6.45, 7) is 0.368. The van der Waals surface area contributed by atoms with Crippen molar-refractivity contribution in [2.75, 3.05) is 10.6 Å². The van der Waals surface area contributed by atoms with Gasteiger partial charge >= 0.3 is 5.69 Å². The van der Waals surface area contributed by atoms with Crippen LogP contribution in [0.4, 0.5) is 23.0 Å². The highest BCUT2D eigenvalue weighted by molar-refractivity contribution is 9.10. The molecule has 0 saturated heterocycles. The van der Waals surface area contributed by atoms with E-state index in [1.807, 2.05) is 24.3 Å². The average Bonchev–Trinajstić information content (AvgIpc) is 2.63. The summed E-state index contributed by atoms with van der Waals surface area (Å²) in [6, 6.07) is 14.4. The molecule has 0 aliphatic heterocycles. The molecule has 1 heterocycles. The van der Waals surface area contributed by atoms with Crippen LogP contribution in [0.1, 0.15) is 5.56 Å². The van der Waals surface area contributed by atoms with Crippen molar-refractivity contribution in [1.82, 2.24) is 9.97 Å². The molecule has 26 heavy (non-hydrogen) atoms. The molecule has 2 N–H and O–H groups in total. The van der Waals surface area contributed by atoms with Gasteiger partial charge in [0.05, 0.1) is 4.92 Å². The predicted octanol–water partition coefficient (Wildman–Crippen LogP) is 5.16. The molecule has 0 bridgehead atoms. The molecule has 9 heteroatoms. The van der Waals surface area contributed by atoms with E-state index in [1.54, 1.807) is 24.3 Å². The normalized spacial score (nSPS) is 10.4. The van der Waals surface area contributed by atoms with Gasteiger partial charge in [-0.05, 0) is 42.0 Å². The van der Waals surface area contributed by atoms with E-state index >= 15 is 0 Å². The van der Waals surface area contributed by atoms with Crippen LogP contribution in [0.2, 0.25) is 5.02 Å². The van der Waals surface area contributed by atoms with Crippen molar-refractivity contribution in [3.63, 3.8) is 0 Å². The van der Waals surface area contributed by atoms with Crippen LogP contribution in [-0.2, 0) is 6.54 Å². The van der Waals surface area contributed by atoms with Crippen molar-refractivity contribution in [3.05, 3.63) is 80.0 Å². The molecule has 3 rings (SSSR count). The molecule has 0 aliphatic carbocycles. The maximum atomic E-state index is 11.6. The van der Waals surface area contributed by atoms with Gasteiger partial charge in [0.15, 0.2) is 0 Å². The number of rotatable bonds is 6. The molecule has 0 unspecified atom stereocenters. The first-order valence-electron chi connectivity index (χ1n) is 7.53. The van der Waals surface area contributed by atoms with E-state index in [9.17, 15) is 10.1 Å². The van der Waals surface area contributed by atoms with Gasteiger partial charge in [0.1, 0.15) is 6.33 Å². The molecular formula is C17H13BrClN5O2. The highest BCUT2D eigenvalue weighted by atomic mass is 79.9. The number of benzene rings is 2. The molecule has 132 valence electrons. The van der Waals surface area contributed by atoms with Crippen LogP contribution in [0.25, 0.3) is 0 Å². The zero-order valence-corrected chi connectivity index (χ0v) is 15.7. The van der Waals surface area contributed by atoms with E-state index in [2.05, 4.69) is 36.5 Å². The second kappa shape index (κ2) is 8.11. The smallest absolute Gasteiger partial charge is 0.353 e. The molecule has 3 aromatic rings. The Morgan fingerprint density at radius 3 is 2.35 bits per heavy atom. The van der Waals surface area contributed by atoms with Crippen LogP contribution in [0, 0.1) is 10.1 Å². The molecule has 0 atom stereocenters. The first-order chi connectivity index (χ1) is 12.5. The number of nitrogens with one attached hydrogen (secondary N) is 2. The molecule has 0 saturated carbocycles. The lowest BCUT2D eigenvalue weighted by molar-refractivity contribution is -0.383. The molecule has 1 aromatic heterocycles. The second-order valence-corrected chi connectivity index (χ2v) is 6.64. The zero-order chi connectivity index (χ0) is 18.5. The Labute approximate surface area is 162 Å². The summed E-state index contributed by atoms with van der Waals surface area (Å²) >= 11 is 9.21. The topological polar surface area (TPSA) is 93.0 Å². The fraction of sp³-hybridized carbons (Fsp3) is 0.0588. The summed E-state index contributed by atoms with van der Waals surface area (Å²) in [5.41, 5.74) is 1.38. The first kappa shape index (κ1) is 18.1. The Morgan fingerprint density at radius 1 is 1.04 bits per heavy atom. The summed E-state index contributed by atoms with van der Waals surface area (Å²) < 4.78 is 0.908. The molecular weight excluding hydrogens is 422 g/mol. The van der Waals surface area contributed by atoms with E-state index in [1.165, 1.54) is 6.33 Å². The highest BCUT2D eigenvalue weighted by Gasteiger charge is 2.23. The molecule has 2 aromatic carbocycles. The summed E-state index contributed by atoms with van der Waals surface area (Å²) in [4.78, 5) is 19.1. The van der Waals surface area contributed by atoms with Crippen molar-refractivity contribution >= 4 is 50.5 Å². The van der Waals surface area contributed by atoms with Crippen molar-refractivity contribution in [2.24, 2.45) is 0 Å². The summed E-state index contributed by atoms with van der Waals surface area (Å²) in [7, 11) is 0. The second-order valence-electron chi connectivity index (χ2n) is 5.29. The van der Waals surface area contributed by atoms with Crippen LogP contribution in [0.3, 0.4) is 0 Å². The predicted molar refractivity (Wildman–Crippen MR) is 105 cm³/mol. The van der Waals surface area contributed by atoms with Crippen molar-refractivity contribution in [3.8, 4) is 0 Å². The van der Waals surface area contributed by atoms with Gasteiger partial charge in [-0.3, -0.25) is 10.1 Å². The van der Waals surface area contributed by atoms with Crippen LogP contribution in [-0.4, -0.2) is 14.9 Å². The van der Waals surface area contributed by atoms with Crippen molar-refractivity contribution < 1.29 is 4.92 Å². The van der Waals surface area contributed by atoms with Gasteiger partial charge in [0.2, 0.25) is 11.6 Å². The Balaban J connectivity index is 1.84. The lowest BCUT2D eigenvalue weighted by atomic mass is 10.2. The summed E-state index contributed by atoms with van der Waals surface area (Å²) in [6.07, 6.45) is 1.28. The zero-order valence-electron chi connectivity index (χ0n) is 13.3. The average molecular weight is 435 g/mol. The fourth-order valence-electron chi connectivity index (χ4n) is 2.23. The third-order valence-corrected chi connectivity index (χ3v) is 4.27. The van der Waals surface area contributed by atoms with E-state index in [0.717, 1.165) is 10.0 Å². The Morgan fingerprint density at radius 2 is 1.69 bits per heavy atom. The summed E-state index contributed by atoms with van der Waals surface area (Å²) in [5.74, 6) is 0.255. The number of nitrogens with zero attached hydrogens (tertiary/aromatic N) is 3. The minimum Gasteiger partial charge on any atom is -0.360 e. The fourth-order valence-corrected chi connectivity index (χ4v) is 2.62. The van der Waals surface area contributed by atoms with E-state index in [-0.39, 0.29) is 17.3 Å². The standard InChI is InChI=1S/C17H13BrClN5O2/c18-12-3-7-14(8-4-12)23-17-15(24(25)26)16(21-10-22-17)20-9-11-1-5-13(19)6-2-11/h1-8,10H,9H2,(H2,20,21,22,23). The molecule has 0 aliphatic rings. The number of anilines is 3. The quantitative estimate of drug-likeness (QED) is 0.411. The van der Waals surface area contributed by atoms with Gasteiger partial charge in [0.25, 0.3) is 0 Å². The monoisotopic (exact) mass is 433 g/mol. The maximum Gasteiger partial charge on any atom is 0.353 e. The SMILES string of the molecule is O=[N+]([O-])c1c(NCc2ccc(Cl)cc2)ncnc1Nc1ccc(Br)cc1. The largest absolute Gasteiger partial charge is 0.360 e. The number of halogens is 2. The van der Waals surface area contributed by atoms with Crippen LogP contribution in [0.5, 0.6) is 0 Å². The van der Waals surface area contributed by atoms with Crippen molar-refractivity contribution in [2.45, 2.75) is 6.54 Å². The van der Waals surface area contributed by atoms with Gasteiger partial charge in [-0.1, -0.05) is 39.7 Å². The summed E-state index contributed by atoms with van der Waals surface area (Å²) in [5, 5.41) is 18.1. The number of hydrogen-bond donors (Lipinski definition) is 2. The lowest BCUT2D eigenvalue weighted by Crippen LogP contribution is -2.08. The Hall–Kier alpha value is -2.71. The molecule has 7 nitrogen and oxygen atoms in total. The van der Waals surface area contributed by atoms with Gasteiger partial charge in [-0.25, -0.2) is 9.97 Å². The van der Waals surface area contributed by atoms with Crippen LogP contribution < -0.4 is 10.6 Å². The Kier molecular flexibility index (Phi) is 5.65. The molecule has 0 spiro atoms. The third kappa shape index (κ3) is 4.47.